The first kappa shape index (κ1) is 49.6. The number of nitrogens with one attached hydrogen (secondary N) is 4. The van der Waals surface area contributed by atoms with Crippen molar-refractivity contribution in [1.29, 1.82) is 0 Å². The summed E-state index contributed by atoms with van der Waals surface area (Å²) in [7, 11) is 3.21. The lowest BCUT2D eigenvalue weighted by molar-refractivity contribution is 0.101. The lowest BCUT2D eigenvalue weighted by Gasteiger charge is -2.19. The molecule has 15 heteroatoms. The van der Waals surface area contributed by atoms with Crippen molar-refractivity contribution in [3.8, 4) is 34.1 Å². The number of imidazole rings is 2. The second kappa shape index (κ2) is 21.2. The van der Waals surface area contributed by atoms with Crippen LogP contribution < -0.4 is 30.7 Å². The number of carbonyl (C=O) groups is 2. The van der Waals surface area contributed by atoms with Crippen LogP contribution in [0.5, 0.6) is 11.6 Å². The van der Waals surface area contributed by atoms with Crippen LogP contribution in [-0.2, 0) is 10.8 Å². The molecular weight excluding hydrogens is 927 g/mol. The lowest BCUT2D eigenvalue weighted by atomic mass is 9.86. The standard InChI is InChI=1S/C30H29N5O2.C29H28N6O2/c1-30(2,3)22-13-11-20(12-14-22)29(36)33-23-8-5-7-21(17-23)26-19-35-16-15-31-28(35)27(34-26)32-24-9-6-10-25(18-24)37-4;1-29(2,3)21-10-8-19(9-11-21)28(36)33-22-7-5-6-20(16-22)24-18-35-15-14-30-27(35)26(34-24)32-23-12-13-25(37-4)31-17-23/h5-19H,1-4H3,(H,32,34)(H,33,36);5-18H,1-4H3,(H,32,34)(H,33,36). The van der Waals surface area contributed by atoms with Crippen LogP contribution in [0.15, 0.2) is 177 Å². The quantitative estimate of drug-likeness (QED) is 0.0917. The zero-order valence-corrected chi connectivity index (χ0v) is 42.5. The number of rotatable bonds is 12. The predicted molar refractivity (Wildman–Crippen MR) is 293 cm³/mol. The Morgan fingerprint density at radius 2 is 0.973 bits per heavy atom. The fourth-order valence-electron chi connectivity index (χ4n) is 8.02. The van der Waals surface area contributed by atoms with Crippen molar-refractivity contribution >= 4 is 57.5 Å². The molecule has 0 saturated carbocycles. The topological polar surface area (TPSA) is 174 Å². The van der Waals surface area contributed by atoms with E-state index in [2.05, 4.69) is 77.8 Å². The number of hydrogen-bond donors (Lipinski definition) is 4. The van der Waals surface area contributed by atoms with Gasteiger partial charge in [-0.1, -0.05) is 96.1 Å². The number of pyridine rings is 1. The maximum absolute atomic E-state index is 12.9. The van der Waals surface area contributed by atoms with Crippen molar-refractivity contribution in [3.05, 3.63) is 199 Å². The first-order valence-corrected chi connectivity index (χ1v) is 24.0. The summed E-state index contributed by atoms with van der Waals surface area (Å²) in [6, 6.07) is 42.0. The molecule has 0 aliphatic carbocycles. The van der Waals surface area contributed by atoms with Gasteiger partial charge in [0.05, 0.1) is 37.5 Å². The maximum Gasteiger partial charge on any atom is 0.255 e. The molecule has 0 unspecified atom stereocenters. The first-order valence-electron chi connectivity index (χ1n) is 24.0. The number of amides is 2. The SMILES string of the molecule is COc1ccc(Nc2nc(-c3cccc(NC(=O)c4ccc(C(C)(C)C)cc4)c3)cn3ccnc23)cn1.COc1cccc(Nc2nc(-c3cccc(NC(=O)c4ccc(C(C)(C)C)cc4)c3)cn3ccnc23)c1. The van der Waals surface area contributed by atoms with Gasteiger partial charge in [0.1, 0.15) is 5.75 Å². The van der Waals surface area contributed by atoms with Gasteiger partial charge in [0.15, 0.2) is 22.9 Å². The smallest absolute Gasteiger partial charge is 0.255 e. The summed E-state index contributed by atoms with van der Waals surface area (Å²) >= 11 is 0. The van der Waals surface area contributed by atoms with Crippen molar-refractivity contribution in [2.75, 3.05) is 35.5 Å². The molecule has 10 aromatic rings. The summed E-state index contributed by atoms with van der Waals surface area (Å²) in [6.07, 6.45) is 12.7. The zero-order chi connectivity index (χ0) is 52.0. The Morgan fingerprint density at radius 3 is 1.42 bits per heavy atom. The van der Waals surface area contributed by atoms with E-state index in [9.17, 15) is 9.59 Å². The molecule has 0 aliphatic heterocycles. The average Bonchev–Trinajstić information content (AvgIpc) is 4.10. The van der Waals surface area contributed by atoms with E-state index < -0.39 is 0 Å². The fraction of sp³-hybridized carbons (Fsp3) is 0.169. The van der Waals surface area contributed by atoms with Gasteiger partial charge in [0, 0.05) is 88.6 Å². The Hall–Kier alpha value is -9.37. The molecule has 5 aromatic carbocycles. The van der Waals surface area contributed by atoms with Crippen LogP contribution in [0.3, 0.4) is 0 Å². The van der Waals surface area contributed by atoms with E-state index in [1.807, 2.05) is 161 Å². The molecule has 15 nitrogen and oxygen atoms in total. The van der Waals surface area contributed by atoms with Crippen molar-refractivity contribution in [1.82, 2.24) is 33.7 Å². The minimum atomic E-state index is -0.162. The number of benzene rings is 5. The normalized spacial score (nSPS) is 11.4. The van der Waals surface area contributed by atoms with E-state index in [-0.39, 0.29) is 22.6 Å². The minimum absolute atomic E-state index is 0.0320. The van der Waals surface area contributed by atoms with Gasteiger partial charge >= 0.3 is 0 Å². The van der Waals surface area contributed by atoms with Gasteiger partial charge in [-0.3, -0.25) is 9.59 Å². The maximum atomic E-state index is 12.9. The van der Waals surface area contributed by atoms with Crippen LogP contribution in [0, 0.1) is 0 Å². The van der Waals surface area contributed by atoms with Gasteiger partial charge in [-0.25, -0.2) is 24.9 Å². The molecule has 0 atom stereocenters. The highest BCUT2D eigenvalue weighted by molar-refractivity contribution is 6.05. The Labute approximate surface area is 429 Å². The number of carbonyl (C=O) groups excluding carboxylic acids is 2. The predicted octanol–water partition coefficient (Wildman–Crippen LogP) is 12.8. The van der Waals surface area contributed by atoms with E-state index in [0.29, 0.717) is 51.3 Å². The molecule has 0 saturated heterocycles. The third kappa shape index (κ3) is 11.7. The summed E-state index contributed by atoms with van der Waals surface area (Å²) in [5, 5.41) is 12.7. The number of aromatic nitrogens is 7. The molecule has 0 radical (unpaired) electrons. The van der Waals surface area contributed by atoms with Crippen molar-refractivity contribution in [2.45, 2.75) is 52.4 Å². The summed E-state index contributed by atoms with van der Waals surface area (Å²) in [4.78, 5) is 48.6. The van der Waals surface area contributed by atoms with Crippen molar-refractivity contribution in [3.63, 3.8) is 0 Å². The highest BCUT2D eigenvalue weighted by Crippen LogP contribution is 2.30. The molecule has 0 aliphatic rings. The largest absolute Gasteiger partial charge is 0.497 e. The van der Waals surface area contributed by atoms with E-state index >= 15 is 0 Å². The first-order chi connectivity index (χ1) is 35.6. The van der Waals surface area contributed by atoms with Crippen LogP contribution in [0.1, 0.15) is 73.4 Å². The van der Waals surface area contributed by atoms with Gasteiger partial charge in [-0.05, 0) is 88.7 Å². The fourth-order valence-corrected chi connectivity index (χ4v) is 8.02. The van der Waals surface area contributed by atoms with Crippen LogP contribution in [0.2, 0.25) is 0 Å². The van der Waals surface area contributed by atoms with Gasteiger partial charge < -0.3 is 39.5 Å². The summed E-state index contributed by atoms with van der Waals surface area (Å²) in [5.74, 6) is 2.16. The molecule has 4 N–H and O–H groups in total. The van der Waals surface area contributed by atoms with Crippen molar-refractivity contribution < 1.29 is 19.1 Å². The number of anilines is 6. The Bertz CT molecular complexity index is 3590. The van der Waals surface area contributed by atoms with Gasteiger partial charge in [0.2, 0.25) is 5.88 Å². The summed E-state index contributed by atoms with van der Waals surface area (Å²) in [6.45, 7) is 12.9. The molecule has 0 bridgehead atoms. The number of nitrogens with zero attached hydrogens (tertiary/aromatic N) is 7. The third-order valence-corrected chi connectivity index (χ3v) is 12.1. The molecule has 0 fully saturated rings. The van der Waals surface area contributed by atoms with E-state index in [1.54, 1.807) is 38.9 Å². The van der Waals surface area contributed by atoms with Gasteiger partial charge in [-0.2, -0.15) is 0 Å². The molecule has 5 heterocycles. The Kier molecular flexibility index (Phi) is 14.2. The van der Waals surface area contributed by atoms with E-state index in [1.165, 1.54) is 11.1 Å². The summed E-state index contributed by atoms with van der Waals surface area (Å²) < 4.78 is 14.3. The second-order valence-electron chi connectivity index (χ2n) is 19.6. The third-order valence-electron chi connectivity index (χ3n) is 12.1. The van der Waals surface area contributed by atoms with Crippen LogP contribution in [0.25, 0.3) is 33.8 Å². The lowest BCUT2D eigenvalue weighted by Crippen LogP contribution is -2.14. The van der Waals surface area contributed by atoms with E-state index in [0.717, 1.165) is 39.6 Å². The second-order valence-corrected chi connectivity index (χ2v) is 19.6. The highest BCUT2D eigenvalue weighted by Gasteiger charge is 2.18. The number of hydrogen-bond acceptors (Lipinski definition) is 11. The number of fused-ring (bicyclic) bond motifs is 2. The Balaban J connectivity index is 0.000000182. The number of methoxy groups -OCH3 is 2. The Morgan fingerprint density at radius 1 is 0.500 bits per heavy atom. The monoisotopic (exact) mass is 983 g/mol. The molecule has 372 valence electrons. The molecule has 10 rings (SSSR count). The van der Waals surface area contributed by atoms with Crippen LogP contribution >= 0.6 is 0 Å². The molecular formula is C59H57N11O4. The van der Waals surface area contributed by atoms with Gasteiger partial charge in [-0.15, -0.1) is 0 Å². The molecule has 74 heavy (non-hydrogen) atoms. The highest BCUT2D eigenvalue weighted by atomic mass is 16.5. The van der Waals surface area contributed by atoms with Crippen LogP contribution in [-0.4, -0.2) is 59.8 Å². The molecule has 5 aromatic heterocycles. The van der Waals surface area contributed by atoms with Gasteiger partial charge in [0.25, 0.3) is 11.8 Å². The molecule has 0 spiro atoms. The summed E-state index contributed by atoms with van der Waals surface area (Å²) in [5.41, 5.74) is 11.2. The minimum Gasteiger partial charge on any atom is -0.497 e. The zero-order valence-electron chi connectivity index (χ0n) is 42.5. The van der Waals surface area contributed by atoms with Crippen molar-refractivity contribution in [2.24, 2.45) is 0 Å². The molecule has 2 amide bonds. The van der Waals surface area contributed by atoms with Crippen LogP contribution in [0.4, 0.5) is 34.4 Å². The average molecular weight is 984 g/mol. The number of ether oxygens (including phenoxy) is 2. The van der Waals surface area contributed by atoms with E-state index in [4.69, 9.17) is 19.4 Å².